The first-order valence-electron chi connectivity index (χ1n) is 11.8. The highest BCUT2D eigenvalue weighted by Gasteiger charge is 2.33. The number of carbonyl (C=O) groups excluding carboxylic acids is 1. The summed E-state index contributed by atoms with van der Waals surface area (Å²) in [4.78, 5) is 12.6. The van der Waals surface area contributed by atoms with E-state index in [1.54, 1.807) is 7.11 Å². The monoisotopic (exact) mass is 452 g/mol. The van der Waals surface area contributed by atoms with Crippen LogP contribution in [0.5, 0.6) is 5.75 Å². The summed E-state index contributed by atoms with van der Waals surface area (Å²) in [6, 6.07) is 6.17. The summed E-state index contributed by atoms with van der Waals surface area (Å²) in [6.45, 7) is 9.21. The number of benzene rings is 1. The van der Waals surface area contributed by atoms with Crippen molar-refractivity contribution in [3.8, 4) is 5.75 Å². The molecule has 0 fully saturated rings. The van der Waals surface area contributed by atoms with E-state index in [1.165, 1.54) is 11.1 Å². The van der Waals surface area contributed by atoms with Crippen molar-refractivity contribution in [1.82, 2.24) is 4.90 Å². The van der Waals surface area contributed by atoms with Crippen LogP contribution in [0, 0.1) is 5.92 Å². The molecule has 184 valence electrons. The van der Waals surface area contributed by atoms with Crippen LogP contribution in [0.1, 0.15) is 50.2 Å². The third-order valence-corrected chi connectivity index (χ3v) is 5.80. The third-order valence-electron chi connectivity index (χ3n) is 5.80. The largest absolute Gasteiger partial charge is 0.429 e. The topological polar surface area (TPSA) is 83.2 Å². The summed E-state index contributed by atoms with van der Waals surface area (Å²) >= 11 is 0. The van der Waals surface area contributed by atoms with Crippen LogP contribution in [0.2, 0.25) is 0 Å². The van der Waals surface area contributed by atoms with Gasteiger partial charge in [0.2, 0.25) is 0 Å². The molecule has 1 aromatic rings. The number of carbonyl (C=O) groups is 1. The Morgan fingerprint density at radius 1 is 1.09 bits per heavy atom. The highest BCUT2D eigenvalue weighted by molar-refractivity contribution is 5.48. The molecular formula is C25H44N2O5. The van der Waals surface area contributed by atoms with Gasteiger partial charge < -0.3 is 29.6 Å². The summed E-state index contributed by atoms with van der Waals surface area (Å²) in [5.74, 6) is 1.56. The molecule has 0 heterocycles. The van der Waals surface area contributed by atoms with Crippen molar-refractivity contribution in [2.24, 2.45) is 11.7 Å². The summed E-state index contributed by atoms with van der Waals surface area (Å²) in [7, 11) is 5.72. The maximum atomic E-state index is 10.5. The second kappa shape index (κ2) is 17.0. The van der Waals surface area contributed by atoms with Gasteiger partial charge in [-0.1, -0.05) is 32.8 Å². The molecule has 0 saturated carbocycles. The molecule has 7 heteroatoms. The number of rotatable bonds is 14. The summed E-state index contributed by atoms with van der Waals surface area (Å²) in [5, 5.41) is 0. The van der Waals surface area contributed by atoms with E-state index in [0.29, 0.717) is 50.5 Å². The SMILES string of the molecule is CCC[C@@H]1c2cc(OC=O)ccc2CC(CC)C1N.COCCOCCOCCN(C)C. The maximum absolute atomic E-state index is 10.5. The molecule has 1 aliphatic rings. The van der Waals surface area contributed by atoms with Crippen LogP contribution in [-0.4, -0.2) is 78.2 Å². The quantitative estimate of drug-likeness (QED) is 0.343. The van der Waals surface area contributed by atoms with Gasteiger partial charge in [0.1, 0.15) is 5.75 Å². The molecule has 0 saturated heterocycles. The smallest absolute Gasteiger partial charge is 0.298 e. The molecule has 3 atom stereocenters. The van der Waals surface area contributed by atoms with E-state index >= 15 is 0 Å². The molecule has 0 bridgehead atoms. The van der Waals surface area contributed by atoms with Crippen LogP contribution in [0.3, 0.4) is 0 Å². The van der Waals surface area contributed by atoms with Crippen molar-refractivity contribution in [2.75, 3.05) is 60.8 Å². The standard InChI is InChI=1S/C16H23NO2.C9H21NO3/c1-3-5-14-15-9-13(19-10-18)7-6-12(15)8-11(4-2)16(14)17;1-10(2)4-5-12-8-9-13-7-6-11-3/h6-7,9-11,14,16H,3-5,8,17H2,1-2H3;4-9H2,1-3H3/t11?,14-,16?;/m1./s1. The maximum Gasteiger partial charge on any atom is 0.298 e. The Labute approximate surface area is 194 Å². The van der Waals surface area contributed by atoms with Crippen LogP contribution in [0.15, 0.2) is 18.2 Å². The van der Waals surface area contributed by atoms with Crippen molar-refractivity contribution >= 4 is 6.47 Å². The third kappa shape index (κ3) is 10.4. The lowest BCUT2D eigenvalue weighted by Gasteiger charge is -2.37. The fourth-order valence-electron chi connectivity index (χ4n) is 3.97. The highest BCUT2D eigenvalue weighted by Crippen LogP contribution is 2.39. The van der Waals surface area contributed by atoms with Crippen LogP contribution in [-0.2, 0) is 25.4 Å². The number of hydrogen-bond acceptors (Lipinski definition) is 7. The van der Waals surface area contributed by atoms with Gasteiger partial charge in [-0.2, -0.15) is 0 Å². The van der Waals surface area contributed by atoms with E-state index < -0.39 is 0 Å². The van der Waals surface area contributed by atoms with Crippen molar-refractivity contribution in [2.45, 2.75) is 51.5 Å². The number of likely N-dealkylation sites (N-methyl/N-ethyl adjacent to an activating group) is 1. The highest BCUT2D eigenvalue weighted by atomic mass is 16.5. The van der Waals surface area contributed by atoms with E-state index in [2.05, 4.69) is 24.8 Å². The molecule has 0 spiro atoms. The fraction of sp³-hybridized carbons (Fsp3) is 0.720. The fourth-order valence-corrected chi connectivity index (χ4v) is 3.97. The summed E-state index contributed by atoms with van der Waals surface area (Å²) in [6.07, 6.45) is 4.37. The Kier molecular flexibility index (Phi) is 15.2. The second-order valence-electron chi connectivity index (χ2n) is 8.44. The van der Waals surface area contributed by atoms with Crippen molar-refractivity contribution in [1.29, 1.82) is 0 Å². The molecule has 0 aromatic heterocycles. The van der Waals surface area contributed by atoms with Gasteiger partial charge in [-0.3, -0.25) is 4.79 Å². The Balaban J connectivity index is 0.000000347. The minimum Gasteiger partial charge on any atom is -0.429 e. The Hall–Kier alpha value is -1.51. The van der Waals surface area contributed by atoms with Crippen molar-refractivity contribution in [3.05, 3.63) is 29.3 Å². The molecule has 0 aliphatic heterocycles. The van der Waals surface area contributed by atoms with Gasteiger partial charge in [-0.15, -0.1) is 0 Å². The molecular weight excluding hydrogens is 408 g/mol. The first kappa shape index (κ1) is 28.5. The number of hydrogen-bond donors (Lipinski definition) is 1. The molecule has 2 N–H and O–H groups in total. The molecule has 1 aliphatic carbocycles. The Bertz CT molecular complexity index is 626. The van der Waals surface area contributed by atoms with Crippen LogP contribution in [0.4, 0.5) is 0 Å². The van der Waals surface area contributed by atoms with E-state index in [4.69, 9.17) is 24.7 Å². The lowest BCUT2D eigenvalue weighted by Crippen LogP contribution is -2.41. The van der Waals surface area contributed by atoms with Crippen LogP contribution < -0.4 is 10.5 Å². The van der Waals surface area contributed by atoms with E-state index in [-0.39, 0.29) is 6.04 Å². The zero-order valence-electron chi connectivity index (χ0n) is 20.7. The Morgan fingerprint density at radius 2 is 1.78 bits per heavy atom. The average molecular weight is 453 g/mol. The van der Waals surface area contributed by atoms with Gasteiger partial charge in [0.25, 0.3) is 6.47 Å². The minimum atomic E-state index is 0.212. The lowest BCUT2D eigenvalue weighted by molar-refractivity contribution is -0.120. The van der Waals surface area contributed by atoms with E-state index in [0.717, 1.165) is 38.8 Å². The molecule has 0 amide bonds. The molecule has 0 radical (unpaired) electrons. The van der Waals surface area contributed by atoms with Gasteiger partial charge >= 0.3 is 0 Å². The van der Waals surface area contributed by atoms with Crippen LogP contribution >= 0.6 is 0 Å². The normalized spacial score (nSPS) is 19.8. The van der Waals surface area contributed by atoms with Gasteiger partial charge in [-0.05, 0) is 62.0 Å². The van der Waals surface area contributed by atoms with Crippen molar-refractivity contribution in [3.63, 3.8) is 0 Å². The first-order valence-corrected chi connectivity index (χ1v) is 11.8. The zero-order chi connectivity index (χ0) is 23.8. The predicted molar refractivity (Wildman–Crippen MR) is 128 cm³/mol. The molecule has 32 heavy (non-hydrogen) atoms. The van der Waals surface area contributed by atoms with Crippen LogP contribution in [0.25, 0.3) is 0 Å². The number of fused-ring (bicyclic) bond motifs is 1. The Morgan fingerprint density at radius 3 is 2.38 bits per heavy atom. The summed E-state index contributed by atoms with van der Waals surface area (Å²) < 4.78 is 20.3. The van der Waals surface area contributed by atoms with Gasteiger partial charge in [0, 0.05) is 19.7 Å². The minimum absolute atomic E-state index is 0.212. The van der Waals surface area contributed by atoms with Gasteiger partial charge in [0.15, 0.2) is 0 Å². The number of nitrogens with zero attached hydrogens (tertiary/aromatic N) is 1. The van der Waals surface area contributed by atoms with Gasteiger partial charge in [-0.25, -0.2) is 0 Å². The number of ether oxygens (including phenoxy) is 4. The molecule has 7 nitrogen and oxygen atoms in total. The first-order chi connectivity index (χ1) is 15.5. The molecule has 2 unspecified atom stereocenters. The molecule has 1 aromatic carbocycles. The van der Waals surface area contributed by atoms with Crippen molar-refractivity contribution < 1.29 is 23.7 Å². The van der Waals surface area contributed by atoms with E-state index in [1.807, 2.05) is 26.2 Å². The lowest BCUT2D eigenvalue weighted by atomic mass is 9.71. The number of methoxy groups -OCH3 is 1. The van der Waals surface area contributed by atoms with Gasteiger partial charge in [0.05, 0.1) is 33.0 Å². The second-order valence-corrected chi connectivity index (χ2v) is 8.44. The zero-order valence-corrected chi connectivity index (χ0v) is 20.7. The molecule has 2 rings (SSSR count). The summed E-state index contributed by atoms with van der Waals surface area (Å²) in [5.41, 5.74) is 9.09. The average Bonchev–Trinajstić information content (AvgIpc) is 2.78. The predicted octanol–water partition coefficient (Wildman–Crippen LogP) is 3.24. The number of nitrogens with two attached hydrogens (primary N) is 1. The van der Waals surface area contributed by atoms with E-state index in [9.17, 15) is 4.79 Å².